The van der Waals surface area contributed by atoms with E-state index in [9.17, 15) is 10.1 Å². The van der Waals surface area contributed by atoms with Crippen LogP contribution in [0.4, 0.5) is 11.4 Å². The third kappa shape index (κ3) is 3.38. The Morgan fingerprint density at radius 3 is 2.25 bits per heavy atom. The SMILES string of the molecule is Nc1ccc(N[N+](=O)[O-])cc1.[Au]. The van der Waals surface area contributed by atoms with E-state index in [-0.39, 0.29) is 22.4 Å². The molecule has 0 aromatic heterocycles. The number of nitrogens with zero attached hydrogens (tertiary/aromatic N) is 1. The summed E-state index contributed by atoms with van der Waals surface area (Å²) in [6, 6.07) is 6.26. The van der Waals surface area contributed by atoms with Crippen molar-refractivity contribution in [3.63, 3.8) is 0 Å². The molecule has 0 amide bonds. The van der Waals surface area contributed by atoms with Gasteiger partial charge in [-0.1, -0.05) is 0 Å². The number of hydrogen-bond donors (Lipinski definition) is 2. The largest absolute Gasteiger partial charge is 0.399 e. The van der Waals surface area contributed by atoms with Gasteiger partial charge in [0.2, 0.25) is 0 Å². The minimum atomic E-state index is -0.620. The number of hydrazine groups is 1. The number of nitrogen functional groups attached to an aromatic ring is 1. The molecule has 0 atom stereocenters. The summed E-state index contributed by atoms with van der Waals surface area (Å²) in [5.74, 6) is 0. The topological polar surface area (TPSA) is 81.2 Å². The molecule has 5 nitrogen and oxygen atoms in total. The molecule has 0 saturated heterocycles. The number of anilines is 2. The minimum absolute atomic E-state index is 0. The molecule has 69 valence electrons. The van der Waals surface area contributed by atoms with Crippen LogP contribution >= 0.6 is 0 Å². The molecule has 3 N–H and O–H groups in total. The number of benzene rings is 1. The Hall–Kier alpha value is -1.04. The molecule has 0 aliphatic carbocycles. The van der Waals surface area contributed by atoms with Crippen LogP contribution in [0.3, 0.4) is 0 Å². The first-order valence-corrected chi connectivity index (χ1v) is 2.95. The van der Waals surface area contributed by atoms with E-state index >= 15 is 0 Å². The van der Waals surface area contributed by atoms with Gasteiger partial charge in [0.15, 0.2) is 5.03 Å². The number of nitrogens with two attached hydrogens (primary N) is 1. The first-order chi connectivity index (χ1) is 5.18. The fraction of sp³-hybridized carbons (Fsp3) is 0. The average molecular weight is 350 g/mol. The Balaban J connectivity index is 0.00000121. The Morgan fingerprint density at radius 2 is 1.83 bits per heavy atom. The number of nitro groups is 1. The van der Waals surface area contributed by atoms with E-state index < -0.39 is 5.03 Å². The van der Waals surface area contributed by atoms with E-state index in [1.165, 1.54) is 12.1 Å². The van der Waals surface area contributed by atoms with Crippen molar-refractivity contribution in [3.05, 3.63) is 34.4 Å². The molecule has 0 fully saturated rings. The maximum atomic E-state index is 9.92. The summed E-state index contributed by atoms with van der Waals surface area (Å²) < 4.78 is 0. The average Bonchev–Trinajstić information content (AvgIpc) is 1.93. The summed E-state index contributed by atoms with van der Waals surface area (Å²) >= 11 is 0. The van der Waals surface area contributed by atoms with Gasteiger partial charge in [0.1, 0.15) is 5.69 Å². The Morgan fingerprint density at radius 1 is 1.33 bits per heavy atom. The monoisotopic (exact) mass is 350 g/mol. The maximum Gasteiger partial charge on any atom is 0.162 e. The molecule has 0 aliphatic rings. The smallest absolute Gasteiger partial charge is 0.162 e. The molecule has 0 bridgehead atoms. The van der Waals surface area contributed by atoms with Gasteiger partial charge < -0.3 is 5.73 Å². The van der Waals surface area contributed by atoms with Crippen molar-refractivity contribution in [2.24, 2.45) is 0 Å². The molecule has 0 saturated carbocycles. The summed E-state index contributed by atoms with van der Waals surface area (Å²) in [5, 5.41) is 9.30. The van der Waals surface area contributed by atoms with Gasteiger partial charge >= 0.3 is 0 Å². The van der Waals surface area contributed by atoms with E-state index in [0.29, 0.717) is 11.4 Å². The molecule has 0 aliphatic heterocycles. The molecule has 1 aromatic rings. The van der Waals surface area contributed by atoms with E-state index in [4.69, 9.17) is 5.73 Å². The number of hydrogen-bond acceptors (Lipinski definition) is 3. The van der Waals surface area contributed by atoms with E-state index in [0.717, 1.165) is 0 Å². The second-order valence-electron chi connectivity index (χ2n) is 1.99. The van der Waals surface area contributed by atoms with Crippen LogP contribution in [-0.2, 0) is 22.4 Å². The van der Waals surface area contributed by atoms with Crippen molar-refractivity contribution in [3.8, 4) is 0 Å². The number of nitrogens with one attached hydrogen (secondary N) is 1. The van der Waals surface area contributed by atoms with E-state index in [1.54, 1.807) is 12.1 Å². The predicted octanol–water partition coefficient (Wildman–Crippen LogP) is 0.870. The molecule has 0 heterocycles. The zero-order valence-corrected chi connectivity index (χ0v) is 8.12. The third-order valence-electron chi connectivity index (χ3n) is 1.13. The quantitative estimate of drug-likeness (QED) is 0.359. The van der Waals surface area contributed by atoms with E-state index in [2.05, 4.69) is 0 Å². The van der Waals surface area contributed by atoms with Crippen LogP contribution in [0.1, 0.15) is 0 Å². The first kappa shape index (κ1) is 11.0. The van der Waals surface area contributed by atoms with Crippen molar-refractivity contribution in [2.75, 3.05) is 11.2 Å². The predicted molar refractivity (Wildman–Crippen MR) is 41.5 cm³/mol. The normalized spacial score (nSPS) is 8.33. The first-order valence-electron chi connectivity index (χ1n) is 2.95. The van der Waals surface area contributed by atoms with E-state index in [1.807, 2.05) is 5.43 Å². The van der Waals surface area contributed by atoms with Crippen LogP contribution in [0.2, 0.25) is 0 Å². The van der Waals surface area contributed by atoms with Crippen LogP contribution in [0.5, 0.6) is 0 Å². The fourth-order valence-corrected chi connectivity index (χ4v) is 0.663. The summed E-state index contributed by atoms with van der Waals surface area (Å²) in [4.78, 5) is 9.92. The van der Waals surface area contributed by atoms with Crippen molar-refractivity contribution >= 4 is 11.4 Å². The molecule has 1 radical (unpaired) electrons. The molecule has 1 rings (SSSR count). The Labute approximate surface area is 84.6 Å². The summed E-state index contributed by atoms with van der Waals surface area (Å²) in [7, 11) is 0. The van der Waals surface area contributed by atoms with Gasteiger partial charge in [0.25, 0.3) is 0 Å². The van der Waals surface area contributed by atoms with Gasteiger partial charge in [-0.15, -0.1) is 5.43 Å². The molecule has 0 spiro atoms. The standard InChI is InChI=1S/C6H7N3O2.Au/c7-5-1-3-6(4-2-5)8-9(10)11;/h1-4,8H,7H2;. The summed E-state index contributed by atoms with van der Waals surface area (Å²) in [6.07, 6.45) is 0. The zero-order chi connectivity index (χ0) is 8.27. The molecule has 1 aromatic carbocycles. The second kappa shape index (κ2) is 4.76. The summed E-state index contributed by atoms with van der Waals surface area (Å²) in [6.45, 7) is 0. The van der Waals surface area contributed by atoms with Crippen LogP contribution in [0.25, 0.3) is 0 Å². The van der Waals surface area contributed by atoms with Gasteiger partial charge in [0, 0.05) is 28.1 Å². The maximum absolute atomic E-state index is 9.92. The fourth-order valence-electron chi connectivity index (χ4n) is 0.663. The Kier molecular flexibility index (Phi) is 4.35. The van der Waals surface area contributed by atoms with Gasteiger partial charge in [0.05, 0.1) is 0 Å². The van der Waals surface area contributed by atoms with Gasteiger partial charge in [-0.05, 0) is 24.3 Å². The van der Waals surface area contributed by atoms with Crippen molar-refractivity contribution < 1.29 is 27.4 Å². The molecule has 0 unspecified atom stereocenters. The van der Waals surface area contributed by atoms with Crippen LogP contribution in [-0.4, -0.2) is 5.03 Å². The van der Waals surface area contributed by atoms with Gasteiger partial charge in [-0.25, -0.2) is 10.1 Å². The molecular formula is C6H7AuN3O2. The van der Waals surface area contributed by atoms with Crippen molar-refractivity contribution in [2.45, 2.75) is 0 Å². The van der Waals surface area contributed by atoms with Gasteiger partial charge in [-0.3, -0.25) is 0 Å². The van der Waals surface area contributed by atoms with Crippen molar-refractivity contribution in [1.82, 2.24) is 0 Å². The van der Waals surface area contributed by atoms with Crippen LogP contribution in [0.15, 0.2) is 24.3 Å². The number of rotatable bonds is 2. The van der Waals surface area contributed by atoms with Crippen LogP contribution in [0, 0.1) is 10.1 Å². The molecule has 12 heavy (non-hydrogen) atoms. The summed E-state index contributed by atoms with van der Waals surface area (Å²) in [5.41, 5.74) is 8.36. The van der Waals surface area contributed by atoms with Crippen molar-refractivity contribution in [1.29, 1.82) is 0 Å². The second-order valence-corrected chi connectivity index (χ2v) is 1.99. The third-order valence-corrected chi connectivity index (χ3v) is 1.13. The minimum Gasteiger partial charge on any atom is -0.399 e. The molecular weight excluding hydrogens is 343 g/mol. The molecule has 6 heteroatoms. The van der Waals surface area contributed by atoms with Crippen LogP contribution < -0.4 is 11.2 Å². The Bertz CT molecular complexity index is 262. The zero-order valence-electron chi connectivity index (χ0n) is 5.95. The van der Waals surface area contributed by atoms with Gasteiger partial charge in [-0.2, -0.15) is 0 Å².